The standard InChI is InChI=1S/C54H38N2/c1-5-20-39(21-6-1)44-28-13-16-32-49(44)55(52-35-19-31-46(41-24-9-3-10-25-41)54(52)42-26-11-4-12-27-42)43-36-37-48-47-30-15-18-34-51(47)56(53(48)38-43)50-33-17-14-29-45(50)40-22-7-2-8-23-40/h1-38H. The number of anilines is 3. The molecular formula is C54H38N2. The predicted octanol–water partition coefficient (Wildman–Crippen LogP) is 14.9. The van der Waals surface area contributed by atoms with E-state index in [0.29, 0.717) is 0 Å². The lowest BCUT2D eigenvalue weighted by molar-refractivity contribution is 1.18. The molecule has 0 bridgehead atoms. The molecule has 0 aliphatic rings. The maximum absolute atomic E-state index is 2.47. The van der Waals surface area contributed by atoms with Gasteiger partial charge in [-0.2, -0.15) is 0 Å². The Kier molecular flexibility index (Phi) is 8.55. The topological polar surface area (TPSA) is 8.17 Å². The second-order valence-electron chi connectivity index (χ2n) is 14.1. The van der Waals surface area contributed by atoms with Crippen LogP contribution in [0.4, 0.5) is 17.1 Å². The van der Waals surface area contributed by atoms with E-state index in [1.807, 2.05) is 0 Å². The van der Waals surface area contributed by atoms with Crippen molar-refractivity contribution in [3.05, 3.63) is 231 Å². The van der Waals surface area contributed by atoms with E-state index in [4.69, 9.17) is 0 Å². The number of fused-ring (bicyclic) bond motifs is 3. The van der Waals surface area contributed by atoms with Gasteiger partial charge in [0.1, 0.15) is 0 Å². The Labute approximate surface area is 327 Å². The summed E-state index contributed by atoms with van der Waals surface area (Å²) in [5.74, 6) is 0. The van der Waals surface area contributed by atoms with Crippen molar-refractivity contribution in [2.24, 2.45) is 0 Å². The van der Waals surface area contributed by atoms with Gasteiger partial charge in [0, 0.05) is 33.2 Å². The molecule has 2 nitrogen and oxygen atoms in total. The van der Waals surface area contributed by atoms with Crippen molar-refractivity contribution in [2.45, 2.75) is 0 Å². The fraction of sp³-hybridized carbons (Fsp3) is 0. The molecule has 1 heterocycles. The number of hydrogen-bond donors (Lipinski definition) is 0. The molecule has 0 radical (unpaired) electrons. The Morgan fingerprint density at radius 3 is 1.48 bits per heavy atom. The maximum Gasteiger partial charge on any atom is 0.0562 e. The van der Waals surface area contributed by atoms with Crippen LogP contribution < -0.4 is 4.90 Å². The van der Waals surface area contributed by atoms with Crippen LogP contribution in [0.2, 0.25) is 0 Å². The lowest BCUT2D eigenvalue weighted by Gasteiger charge is -2.31. The van der Waals surface area contributed by atoms with Gasteiger partial charge >= 0.3 is 0 Å². The average molecular weight is 715 g/mol. The van der Waals surface area contributed by atoms with Gasteiger partial charge in [-0.1, -0.05) is 194 Å². The van der Waals surface area contributed by atoms with Crippen LogP contribution in [0.15, 0.2) is 231 Å². The minimum Gasteiger partial charge on any atom is -0.309 e. The molecule has 0 fully saturated rings. The highest BCUT2D eigenvalue weighted by atomic mass is 15.1. The van der Waals surface area contributed by atoms with Gasteiger partial charge in [0.2, 0.25) is 0 Å². The highest BCUT2D eigenvalue weighted by molar-refractivity contribution is 6.11. The number of rotatable bonds is 8. The second-order valence-corrected chi connectivity index (χ2v) is 14.1. The normalized spacial score (nSPS) is 11.2. The van der Waals surface area contributed by atoms with Crippen molar-refractivity contribution in [1.29, 1.82) is 0 Å². The molecule has 1 aromatic heterocycles. The first-order chi connectivity index (χ1) is 27.8. The zero-order valence-corrected chi connectivity index (χ0v) is 30.8. The predicted molar refractivity (Wildman–Crippen MR) is 237 cm³/mol. The van der Waals surface area contributed by atoms with E-state index in [-0.39, 0.29) is 0 Å². The first-order valence-electron chi connectivity index (χ1n) is 19.2. The van der Waals surface area contributed by atoms with Gasteiger partial charge in [-0.25, -0.2) is 0 Å². The van der Waals surface area contributed by atoms with Crippen LogP contribution in [0.3, 0.4) is 0 Å². The summed E-state index contributed by atoms with van der Waals surface area (Å²) >= 11 is 0. The fourth-order valence-corrected chi connectivity index (χ4v) is 8.32. The fourth-order valence-electron chi connectivity index (χ4n) is 8.32. The van der Waals surface area contributed by atoms with E-state index in [1.54, 1.807) is 0 Å². The van der Waals surface area contributed by atoms with Crippen LogP contribution in [0.25, 0.3) is 72.0 Å². The van der Waals surface area contributed by atoms with Gasteiger partial charge in [-0.05, 0) is 64.2 Å². The zero-order chi connectivity index (χ0) is 37.3. The van der Waals surface area contributed by atoms with Crippen LogP contribution in [0, 0.1) is 0 Å². The highest BCUT2D eigenvalue weighted by Gasteiger charge is 2.24. The molecule has 10 aromatic rings. The van der Waals surface area contributed by atoms with E-state index in [2.05, 4.69) is 240 Å². The van der Waals surface area contributed by atoms with Gasteiger partial charge in [0.05, 0.1) is 28.1 Å². The molecule has 56 heavy (non-hydrogen) atoms. The Balaban J connectivity index is 1.30. The third-order valence-corrected chi connectivity index (χ3v) is 10.8. The molecule has 0 spiro atoms. The van der Waals surface area contributed by atoms with E-state index in [1.165, 1.54) is 49.7 Å². The molecule has 0 aliphatic heterocycles. The summed E-state index contributed by atoms with van der Waals surface area (Å²) in [5.41, 5.74) is 16.2. The van der Waals surface area contributed by atoms with Gasteiger partial charge in [0.15, 0.2) is 0 Å². The third-order valence-electron chi connectivity index (χ3n) is 10.8. The molecule has 0 saturated heterocycles. The third kappa shape index (κ3) is 5.85. The average Bonchev–Trinajstić information content (AvgIpc) is 3.61. The summed E-state index contributed by atoms with van der Waals surface area (Å²) in [5, 5.41) is 2.44. The van der Waals surface area contributed by atoms with Crippen molar-refractivity contribution in [3.8, 4) is 50.2 Å². The first-order valence-corrected chi connectivity index (χ1v) is 19.2. The SMILES string of the molecule is c1ccc(-c2ccccc2N(c2ccc3c4ccccc4n(-c4ccccc4-c4ccccc4)c3c2)c2cccc(-c3ccccc3)c2-c2ccccc2)cc1. The molecular weight excluding hydrogens is 677 g/mol. The minimum absolute atomic E-state index is 1.07. The van der Waals surface area contributed by atoms with Crippen LogP contribution in [-0.2, 0) is 0 Å². The molecule has 0 unspecified atom stereocenters. The van der Waals surface area contributed by atoms with Gasteiger partial charge in [-0.15, -0.1) is 0 Å². The molecule has 0 saturated carbocycles. The number of nitrogens with zero attached hydrogens (tertiary/aromatic N) is 2. The molecule has 0 amide bonds. The zero-order valence-electron chi connectivity index (χ0n) is 30.8. The molecule has 2 heteroatoms. The van der Waals surface area contributed by atoms with E-state index in [0.717, 1.165) is 39.4 Å². The Morgan fingerprint density at radius 1 is 0.304 bits per heavy atom. The summed E-state index contributed by atoms with van der Waals surface area (Å²) < 4.78 is 2.45. The van der Waals surface area contributed by atoms with Crippen LogP contribution in [0.5, 0.6) is 0 Å². The molecule has 0 N–H and O–H groups in total. The van der Waals surface area contributed by atoms with Crippen LogP contribution in [-0.4, -0.2) is 4.57 Å². The van der Waals surface area contributed by atoms with E-state index in [9.17, 15) is 0 Å². The van der Waals surface area contributed by atoms with E-state index < -0.39 is 0 Å². The number of aromatic nitrogens is 1. The van der Waals surface area contributed by atoms with Crippen molar-refractivity contribution in [1.82, 2.24) is 4.57 Å². The molecule has 0 aliphatic carbocycles. The minimum atomic E-state index is 1.07. The monoisotopic (exact) mass is 714 g/mol. The van der Waals surface area contributed by atoms with Crippen molar-refractivity contribution < 1.29 is 0 Å². The second kappa shape index (κ2) is 14.4. The first kappa shape index (κ1) is 33.2. The van der Waals surface area contributed by atoms with Crippen molar-refractivity contribution in [2.75, 3.05) is 4.90 Å². The van der Waals surface area contributed by atoms with Gasteiger partial charge < -0.3 is 9.47 Å². The number of para-hydroxylation sites is 3. The molecule has 10 rings (SSSR count). The lowest BCUT2D eigenvalue weighted by Crippen LogP contribution is -2.13. The largest absolute Gasteiger partial charge is 0.309 e. The lowest BCUT2D eigenvalue weighted by atomic mass is 9.91. The van der Waals surface area contributed by atoms with E-state index >= 15 is 0 Å². The summed E-state index contributed by atoms with van der Waals surface area (Å²) in [6, 6.07) is 83.1. The Bertz CT molecular complexity index is 2950. The Morgan fingerprint density at radius 2 is 0.786 bits per heavy atom. The summed E-state index contributed by atoms with van der Waals surface area (Å²) in [6.07, 6.45) is 0. The number of hydrogen-bond acceptors (Lipinski definition) is 1. The van der Waals surface area contributed by atoms with Crippen molar-refractivity contribution in [3.63, 3.8) is 0 Å². The summed E-state index contributed by atoms with van der Waals surface area (Å²) in [7, 11) is 0. The number of benzene rings is 9. The smallest absolute Gasteiger partial charge is 0.0562 e. The summed E-state index contributed by atoms with van der Waals surface area (Å²) in [4.78, 5) is 2.47. The van der Waals surface area contributed by atoms with Gasteiger partial charge in [0.25, 0.3) is 0 Å². The van der Waals surface area contributed by atoms with Gasteiger partial charge in [-0.3, -0.25) is 0 Å². The molecule has 264 valence electrons. The van der Waals surface area contributed by atoms with Crippen molar-refractivity contribution >= 4 is 38.9 Å². The quantitative estimate of drug-likeness (QED) is 0.152. The molecule has 0 atom stereocenters. The highest BCUT2D eigenvalue weighted by Crippen LogP contribution is 2.49. The Hall–Kier alpha value is -7.42. The maximum atomic E-state index is 2.47. The molecule has 9 aromatic carbocycles. The summed E-state index contributed by atoms with van der Waals surface area (Å²) in [6.45, 7) is 0. The van der Waals surface area contributed by atoms with Crippen LogP contribution >= 0.6 is 0 Å². The van der Waals surface area contributed by atoms with Crippen LogP contribution in [0.1, 0.15) is 0 Å².